The molecule has 0 aromatic heterocycles. The molecular formula is C20H20ClFN2O3. The van der Waals surface area contributed by atoms with Gasteiger partial charge in [0.05, 0.1) is 25.4 Å². The fourth-order valence-corrected chi connectivity index (χ4v) is 3.67. The van der Waals surface area contributed by atoms with Crippen molar-refractivity contribution in [3.8, 4) is 5.75 Å². The molecule has 1 saturated heterocycles. The van der Waals surface area contributed by atoms with E-state index in [1.807, 2.05) is 29.2 Å². The summed E-state index contributed by atoms with van der Waals surface area (Å²) in [4.78, 5) is 16.6. The number of para-hydroxylation sites is 2. The molecule has 0 aliphatic carbocycles. The van der Waals surface area contributed by atoms with Crippen LogP contribution in [0, 0.1) is 5.82 Å². The van der Waals surface area contributed by atoms with Gasteiger partial charge in [0.2, 0.25) is 0 Å². The lowest BCUT2D eigenvalue weighted by atomic mass is 10.1. The van der Waals surface area contributed by atoms with Crippen LogP contribution >= 0.6 is 11.6 Å². The Bertz CT molecular complexity index is 821. The van der Waals surface area contributed by atoms with Crippen molar-refractivity contribution in [1.29, 1.82) is 0 Å². The lowest BCUT2D eigenvalue weighted by molar-refractivity contribution is -0.142. The van der Waals surface area contributed by atoms with Crippen molar-refractivity contribution >= 4 is 23.2 Å². The zero-order valence-electron chi connectivity index (χ0n) is 14.7. The van der Waals surface area contributed by atoms with Gasteiger partial charge in [-0.25, -0.2) is 4.39 Å². The molecule has 0 radical (unpaired) electrons. The SMILES string of the molecule is O=C(C1CN(Cc2c(F)cccc2Cl)c2ccccc2O1)N1CCOCC1. The van der Waals surface area contributed by atoms with Crippen molar-refractivity contribution in [3.63, 3.8) is 0 Å². The Morgan fingerprint density at radius 3 is 2.70 bits per heavy atom. The lowest BCUT2D eigenvalue weighted by Gasteiger charge is -2.38. The molecule has 142 valence electrons. The predicted octanol–water partition coefficient (Wildman–Crippen LogP) is 3.11. The number of carbonyl (C=O) groups excluding carboxylic acids is 1. The largest absolute Gasteiger partial charge is 0.477 e. The number of halogens is 2. The van der Waals surface area contributed by atoms with E-state index in [9.17, 15) is 9.18 Å². The van der Waals surface area contributed by atoms with E-state index < -0.39 is 6.10 Å². The van der Waals surface area contributed by atoms with E-state index in [-0.39, 0.29) is 18.3 Å². The summed E-state index contributed by atoms with van der Waals surface area (Å²) in [5, 5.41) is 0.370. The molecule has 2 aliphatic heterocycles. The second-order valence-electron chi connectivity index (χ2n) is 6.59. The highest BCUT2D eigenvalue weighted by Crippen LogP contribution is 2.35. The molecule has 0 spiro atoms. The Hall–Kier alpha value is -2.31. The molecule has 7 heteroatoms. The van der Waals surface area contributed by atoms with Gasteiger partial charge in [0.15, 0.2) is 6.10 Å². The summed E-state index contributed by atoms with van der Waals surface area (Å²) in [5.74, 6) is 0.183. The van der Waals surface area contributed by atoms with E-state index in [2.05, 4.69) is 0 Å². The maximum absolute atomic E-state index is 14.3. The molecule has 2 aromatic rings. The first-order chi connectivity index (χ1) is 13.1. The smallest absolute Gasteiger partial charge is 0.265 e. The van der Waals surface area contributed by atoms with Gasteiger partial charge in [-0.1, -0.05) is 29.8 Å². The number of carbonyl (C=O) groups is 1. The number of hydrogen-bond acceptors (Lipinski definition) is 4. The van der Waals surface area contributed by atoms with Crippen LogP contribution in [-0.4, -0.2) is 49.8 Å². The van der Waals surface area contributed by atoms with E-state index in [0.717, 1.165) is 5.69 Å². The standard InChI is InChI=1S/C20H20ClFN2O3/c21-15-4-3-5-16(22)14(15)12-24-13-19(20(25)23-8-10-26-11-9-23)27-18-7-2-1-6-17(18)24/h1-7,19H,8-13H2. The molecule has 1 unspecified atom stereocenters. The molecule has 1 fully saturated rings. The van der Waals surface area contributed by atoms with Crippen molar-refractivity contribution in [2.24, 2.45) is 0 Å². The van der Waals surface area contributed by atoms with Crippen LogP contribution in [0.25, 0.3) is 0 Å². The third-order valence-corrected chi connectivity index (χ3v) is 5.22. The van der Waals surface area contributed by atoms with Gasteiger partial charge in [0.1, 0.15) is 11.6 Å². The Morgan fingerprint density at radius 2 is 1.93 bits per heavy atom. The second kappa shape index (κ2) is 7.74. The summed E-state index contributed by atoms with van der Waals surface area (Å²) in [6.45, 7) is 2.77. The third-order valence-electron chi connectivity index (χ3n) is 4.87. The summed E-state index contributed by atoms with van der Waals surface area (Å²) in [6.07, 6.45) is -0.649. The molecule has 4 rings (SSSR count). The number of nitrogens with zero attached hydrogens (tertiary/aromatic N) is 2. The molecular weight excluding hydrogens is 371 g/mol. The third kappa shape index (κ3) is 3.73. The minimum atomic E-state index is -0.649. The monoisotopic (exact) mass is 390 g/mol. The summed E-state index contributed by atoms with van der Waals surface area (Å²) in [7, 11) is 0. The molecule has 2 heterocycles. The maximum atomic E-state index is 14.3. The fourth-order valence-electron chi connectivity index (χ4n) is 3.45. The summed E-state index contributed by atoms with van der Waals surface area (Å²) >= 11 is 6.21. The molecule has 2 aliphatic rings. The normalized spacial score (nSPS) is 19.4. The summed E-state index contributed by atoms with van der Waals surface area (Å²) < 4.78 is 25.6. The van der Waals surface area contributed by atoms with Gasteiger partial charge < -0.3 is 19.3 Å². The zero-order chi connectivity index (χ0) is 18.8. The van der Waals surface area contributed by atoms with Gasteiger partial charge in [-0.3, -0.25) is 4.79 Å². The Labute approximate surface area is 162 Å². The number of fused-ring (bicyclic) bond motifs is 1. The van der Waals surface area contributed by atoms with E-state index in [1.165, 1.54) is 6.07 Å². The van der Waals surface area contributed by atoms with Crippen LogP contribution < -0.4 is 9.64 Å². The van der Waals surface area contributed by atoms with Crippen LogP contribution in [0.5, 0.6) is 5.75 Å². The highest BCUT2D eigenvalue weighted by Gasteiger charge is 2.34. The van der Waals surface area contributed by atoms with E-state index >= 15 is 0 Å². The van der Waals surface area contributed by atoms with Crippen LogP contribution in [0.2, 0.25) is 5.02 Å². The van der Waals surface area contributed by atoms with E-state index in [4.69, 9.17) is 21.1 Å². The minimum absolute atomic E-state index is 0.0718. The Kier molecular flexibility index (Phi) is 5.18. The zero-order valence-corrected chi connectivity index (χ0v) is 15.5. The first-order valence-electron chi connectivity index (χ1n) is 8.93. The van der Waals surface area contributed by atoms with E-state index in [0.29, 0.717) is 49.2 Å². The highest BCUT2D eigenvalue weighted by atomic mass is 35.5. The van der Waals surface area contributed by atoms with Gasteiger partial charge in [-0.2, -0.15) is 0 Å². The minimum Gasteiger partial charge on any atom is -0.477 e. The molecule has 1 amide bonds. The number of amides is 1. The van der Waals surface area contributed by atoms with Crippen molar-refractivity contribution in [3.05, 3.63) is 58.9 Å². The molecule has 0 N–H and O–H groups in total. The molecule has 2 aromatic carbocycles. The quantitative estimate of drug-likeness (QED) is 0.807. The average Bonchev–Trinajstić information content (AvgIpc) is 2.70. The average molecular weight is 391 g/mol. The number of benzene rings is 2. The van der Waals surface area contributed by atoms with Crippen molar-refractivity contribution < 1.29 is 18.7 Å². The number of ether oxygens (including phenoxy) is 2. The molecule has 1 atom stereocenters. The van der Waals surface area contributed by atoms with Crippen LogP contribution in [0.15, 0.2) is 42.5 Å². The van der Waals surface area contributed by atoms with Crippen LogP contribution in [0.3, 0.4) is 0 Å². The Morgan fingerprint density at radius 1 is 1.15 bits per heavy atom. The fraction of sp³-hybridized carbons (Fsp3) is 0.350. The molecule has 0 bridgehead atoms. The maximum Gasteiger partial charge on any atom is 0.265 e. The van der Waals surface area contributed by atoms with Gasteiger partial charge >= 0.3 is 0 Å². The first-order valence-corrected chi connectivity index (χ1v) is 9.31. The lowest BCUT2D eigenvalue weighted by Crippen LogP contribution is -2.52. The van der Waals surface area contributed by atoms with Gasteiger partial charge in [-0.05, 0) is 24.3 Å². The second-order valence-corrected chi connectivity index (χ2v) is 7.00. The number of rotatable bonds is 3. The van der Waals surface area contributed by atoms with Crippen LogP contribution in [-0.2, 0) is 16.1 Å². The van der Waals surface area contributed by atoms with Crippen molar-refractivity contribution in [1.82, 2.24) is 4.90 Å². The molecule has 5 nitrogen and oxygen atoms in total. The molecule has 27 heavy (non-hydrogen) atoms. The van der Waals surface area contributed by atoms with Gasteiger partial charge in [0, 0.05) is 30.2 Å². The summed E-state index contributed by atoms with van der Waals surface area (Å²) in [6, 6.07) is 12.1. The number of hydrogen-bond donors (Lipinski definition) is 0. The molecule has 0 saturated carbocycles. The predicted molar refractivity (Wildman–Crippen MR) is 101 cm³/mol. The first kappa shape index (κ1) is 18.1. The van der Waals surface area contributed by atoms with Gasteiger partial charge in [-0.15, -0.1) is 0 Å². The van der Waals surface area contributed by atoms with Crippen molar-refractivity contribution in [2.45, 2.75) is 12.6 Å². The topological polar surface area (TPSA) is 42.0 Å². The van der Waals surface area contributed by atoms with E-state index in [1.54, 1.807) is 17.0 Å². The van der Waals surface area contributed by atoms with Crippen LogP contribution in [0.1, 0.15) is 5.56 Å². The van der Waals surface area contributed by atoms with Crippen LogP contribution in [0.4, 0.5) is 10.1 Å². The highest BCUT2D eigenvalue weighted by molar-refractivity contribution is 6.31. The number of morpholine rings is 1. The number of anilines is 1. The van der Waals surface area contributed by atoms with Gasteiger partial charge in [0.25, 0.3) is 5.91 Å². The summed E-state index contributed by atoms with van der Waals surface area (Å²) in [5.41, 5.74) is 1.23. The Balaban J connectivity index is 1.61. The van der Waals surface area contributed by atoms with Crippen molar-refractivity contribution in [2.75, 3.05) is 37.7 Å².